The van der Waals surface area contributed by atoms with Gasteiger partial charge in [0.2, 0.25) is 5.91 Å². The fourth-order valence-corrected chi connectivity index (χ4v) is 4.87. The minimum absolute atomic E-state index is 0.0110. The van der Waals surface area contributed by atoms with Crippen LogP contribution in [0.15, 0.2) is 30.3 Å². The summed E-state index contributed by atoms with van der Waals surface area (Å²) in [5.74, 6) is 0.170. The van der Waals surface area contributed by atoms with Crippen molar-refractivity contribution in [2.24, 2.45) is 5.41 Å². The number of esters is 1. The number of rotatable bonds is 7. The zero-order chi connectivity index (χ0) is 20.7. The molecule has 3 rings (SSSR count). The molecule has 29 heavy (non-hydrogen) atoms. The van der Waals surface area contributed by atoms with E-state index in [0.717, 1.165) is 38.6 Å². The molecule has 0 aromatic heterocycles. The van der Waals surface area contributed by atoms with Crippen LogP contribution in [0.2, 0.25) is 0 Å². The van der Waals surface area contributed by atoms with Crippen LogP contribution in [0.1, 0.15) is 57.4 Å². The van der Waals surface area contributed by atoms with E-state index in [0.29, 0.717) is 32.5 Å². The zero-order valence-electron chi connectivity index (χ0n) is 18.1. The van der Waals surface area contributed by atoms with Crippen LogP contribution in [0.5, 0.6) is 0 Å². The van der Waals surface area contributed by atoms with Gasteiger partial charge in [-0.25, -0.2) is 0 Å². The Morgan fingerprint density at radius 3 is 2.48 bits per heavy atom. The van der Waals surface area contributed by atoms with E-state index in [1.54, 1.807) is 0 Å². The van der Waals surface area contributed by atoms with Gasteiger partial charge in [-0.15, -0.1) is 0 Å². The zero-order valence-corrected chi connectivity index (χ0v) is 18.1. The van der Waals surface area contributed by atoms with E-state index in [9.17, 15) is 9.59 Å². The molecule has 0 saturated carbocycles. The van der Waals surface area contributed by atoms with Crippen LogP contribution in [0.25, 0.3) is 0 Å². The lowest BCUT2D eigenvalue weighted by molar-refractivity contribution is -0.161. The van der Waals surface area contributed by atoms with Crippen molar-refractivity contribution in [2.45, 2.75) is 64.3 Å². The molecule has 160 valence electrons. The molecular weight excluding hydrogens is 364 g/mol. The van der Waals surface area contributed by atoms with Gasteiger partial charge in [-0.05, 0) is 71.0 Å². The molecule has 5 heteroatoms. The van der Waals surface area contributed by atoms with Crippen molar-refractivity contribution >= 4 is 11.9 Å². The van der Waals surface area contributed by atoms with Crippen LogP contribution in [0.3, 0.4) is 0 Å². The second-order valence-corrected chi connectivity index (χ2v) is 8.66. The standard InChI is InChI=1S/C24H36N2O3/c1-3-29-23(28)24(14-9-12-20-10-5-4-6-11-20)15-18-26(19-16-24)22(27)21-13-7-8-17-25(21)2/h4-6,10-11,21H,3,7-9,12-19H2,1-2H3/t21-/m0/s1. The van der Waals surface area contributed by atoms with Gasteiger partial charge in [0.15, 0.2) is 0 Å². The van der Waals surface area contributed by atoms with Crippen LogP contribution in [0.4, 0.5) is 0 Å². The molecule has 0 radical (unpaired) electrons. The maximum absolute atomic E-state index is 13.0. The third kappa shape index (κ3) is 5.39. The number of hydrogen-bond donors (Lipinski definition) is 0. The number of amides is 1. The molecule has 0 spiro atoms. The van der Waals surface area contributed by atoms with Crippen LogP contribution in [-0.4, -0.2) is 61.0 Å². The summed E-state index contributed by atoms with van der Waals surface area (Å²) >= 11 is 0. The van der Waals surface area contributed by atoms with Crippen molar-refractivity contribution in [3.8, 4) is 0 Å². The van der Waals surface area contributed by atoms with Crippen LogP contribution >= 0.6 is 0 Å². The maximum atomic E-state index is 13.0. The Morgan fingerprint density at radius 2 is 1.83 bits per heavy atom. The van der Waals surface area contributed by atoms with E-state index >= 15 is 0 Å². The molecule has 1 aromatic carbocycles. The first-order chi connectivity index (χ1) is 14.1. The second-order valence-electron chi connectivity index (χ2n) is 8.66. The molecule has 2 aliphatic heterocycles. The average Bonchev–Trinajstić information content (AvgIpc) is 2.75. The van der Waals surface area contributed by atoms with Crippen molar-refractivity contribution in [2.75, 3.05) is 33.3 Å². The highest BCUT2D eigenvalue weighted by Gasteiger charge is 2.44. The highest BCUT2D eigenvalue weighted by Crippen LogP contribution is 2.38. The molecule has 2 saturated heterocycles. The van der Waals surface area contributed by atoms with Gasteiger partial charge >= 0.3 is 5.97 Å². The molecule has 2 aliphatic rings. The largest absolute Gasteiger partial charge is 0.466 e. The first-order valence-electron chi connectivity index (χ1n) is 11.3. The Balaban J connectivity index is 1.60. The van der Waals surface area contributed by atoms with Crippen molar-refractivity contribution in [1.29, 1.82) is 0 Å². The summed E-state index contributed by atoms with van der Waals surface area (Å²) in [6.07, 6.45) is 7.43. The molecule has 1 aromatic rings. The number of piperidine rings is 2. The number of benzene rings is 1. The summed E-state index contributed by atoms with van der Waals surface area (Å²) in [4.78, 5) is 30.1. The van der Waals surface area contributed by atoms with E-state index in [-0.39, 0.29) is 17.9 Å². The highest BCUT2D eigenvalue weighted by molar-refractivity contribution is 5.83. The Kier molecular flexibility index (Phi) is 7.70. The Labute approximate surface area is 175 Å². The quantitative estimate of drug-likeness (QED) is 0.656. The predicted octanol–water partition coefficient (Wildman–Crippen LogP) is 3.67. The van der Waals surface area contributed by atoms with Gasteiger partial charge in [0.05, 0.1) is 18.1 Å². The van der Waals surface area contributed by atoms with Crippen LogP contribution in [-0.2, 0) is 20.7 Å². The molecule has 0 bridgehead atoms. The van der Waals surface area contributed by atoms with Gasteiger partial charge in [-0.3, -0.25) is 14.5 Å². The van der Waals surface area contributed by atoms with Gasteiger partial charge in [0.1, 0.15) is 0 Å². The maximum Gasteiger partial charge on any atom is 0.312 e. The van der Waals surface area contributed by atoms with Crippen molar-refractivity contribution in [3.63, 3.8) is 0 Å². The van der Waals surface area contributed by atoms with Crippen molar-refractivity contribution in [1.82, 2.24) is 9.80 Å². The normalized spacial score (nSPS) is 22.3. The van der Waals surface area contributed by atoms with E-state index in [1.807, 2.05) is 17.9 Å². The fourth-order valence-electron chi connectivity index (χ4n) is 4.87. The van der Waals surface area contributed by atoms with Gasteiger partial charge in [0.25, 0.3) is 0 Å². The molecule has 1 amide bonds. The molecule has 5 nitrogen and oxygen atoms in total. The molecule has 2 fully saturated rings. The summed E-state index contributed by atoms with van der Waals surface area (Å²) in [6, 6.07) is 10.4. The highest BCUT2D eigenvalue weighted by atomic mass is 16.5. The smallest absolute Gasteiger partial charge is 0.312 e. The molecular formula is C24H36N2O3. The molecule has 0 unspecified atom stereocenters. The third-order valence-corrected chi connectivity index (χ3v) is 6.76. The van der Waals surface area contributed by atoms with Gasteiger partial charge < -0.3 is 9.64 Å². The number of hydrogen-bond acceptors (Lipinski definition) is 4. The number of likely N-dealkylation sites (N-methyl/N-ethyl adjacent to an activating group) is 1. The predicted molar refractivity (Wildman–Crippen MR) is 115 cm³/mol. The monoisotopic (exact) mass is 400 g/mol. The van der Waals surface area contributed by atoms with E-state index in [4.69, 9.17) is 4.74 Å². The summed E-state index contributed by atoms with van der Waals surface area (Å²) in [7, 11) is 2.05. The van der Waals surface area contributed by atoms with E-state index in [1.165, 1.54) is 12.0 Å². The van der Waals surface area contributed by atoms with E-state index < -0.39 is 5.41 Å². The number of carbonyl (C=O) groups excluding carboxylic acids is 2. The lowest BCUT2D eigenvalue weighted by Gasteiger charge is -2.42. The topological polar surface area (TPSA) is 49.9 Å². The summed E-state index contributed by atoms with van der Waals surface area (Å²) < 4.78 is 5.47. The summed E-state index contributed by atoms with van der Waals surface area (Å²) in [5.41, 5.74) is 0.861. The van der Waals surface area contributed by atoms with E-state index in [2.05, 4.69) is 36.2 Å². The minimum Gasteiger partial charge on any atom is -0.466 e. The Bertz CT molecular complexity index is 668. The van der Waals surface area contributed by atoms with Gasteiger partial charge in [-0.2, -0.15) is 0 Å². The first kappa shape index (κ1) is 21.8. The minimum atomic E-state index is -0.444. The lowest BCUT2D eigenvalue weighted by Crippen LogP contribution is -2.53. The van der Waals surface area contributed by atoms with Crippen molar-refractivity contribution in [3.05, 3.63) is 35.9 Å². The average molecular weight is 401 g/mol. The second kappa shape index (κ2) is 10.2. The summed E-state index contributed by atoms with van der Waals surface area (Å²) in [5, 5.41) is 0. The Hall–Kier alpha value is -1.88. The molecule has 1 atom stereocenters. The number of ether oxygens (including phenoxy) is 1. The SMILES string of the molecule is CCOC(=O)C1(CCCc2ccccc2)CCN(C(=O)[C@@H]2CCCCN2C)CC1. The molecule has 2 heterocycles. The number of likely N-dealkylation sites (tertiary alicyclic amines) is 2. The first-order valence-corrected chi connectivity index (χ1v) is 11.3. The van der Waals surface area contributed by atoms with Gasteiger partial charge in [0, 0.05) is 13.1 Å². The lowest BCUT2D eigenvalue weighted by atomic mass is 9.74. The van der Waals surface area contributed by atoms with Crippen LogP contribution < -0.4 is 0 Å². The van der Waals surface area contributed by atoms with Crippen molar-refractivity contribution < 1.29 is 14.3 Å². The van der Waals surface area contributed by atoms with Crippen LogP contribution in [0, 0.1) is 5.41 Å². The number of aryl methyl sites for hydroxylation is 1. The number of nitrogens with zero attached hydrogens (tertiary/aromatic N) is 2. The summed E-state index contributed by atoms with van der Waals surface area (Å²) in [6.45, 7) is 4.60. The third-order valence-electron chi connectivity index (χ3n) is 6.76. The molecule has 0 aliphatic carbocycles. The van der Waals surface area contributed by atoms with Gasteiger partial charge in [-0.1, -0.05) is 36.8 Å². The number of carbonyl (C=O) groups is 2. The fraction of sp³-hybridized carbons (Fsp3) is 0.667. The molecule has 0 N–H and O–H groups in total. The Morgan fingerprint density at radius 1 is 1.10 bits per heavy atom.